The van der Waals surface area contributed by atoms with Gasteiger partial charge < -0.3 is 29.0 Å². The van der Waals surface area contributed by atoms with Gasteiger partial charge in [-0.3, -0.25) is 0 Å². The molecule has 7 nitrogen and oxygen atoms in total. The Morgan fingerprint density at radius 3 is 2.58 bits per heavy atom. The van der Waals surface area contributed by atoms with Crippen LogP contribution < -0.4 is 0 Å². The van der Waals surface area contributed by atoms with E-state index in [0.29, 0.717) is 45.2 Å². The molecule has 0 aliphatic carbocycles. The number of hydrogen-bond acceptors (Lipinski definition) is 6. The Balaban J connectivity index is 2.30. The normalized spacial score (nSPS) is 22.3. The number of rotatable bonds is 10. The van der Waals surface area contributed by atoms with E-state index >= 15 is 0 Å². The zero-order chi connectivity index (χ0) is 19.6. The molecular weight excluding hydrogens is 338 g/mol. The van der Waals surface area contributed by atoms with Gasteiger partial charge in [-0.15, -0.1) is 0 Å². The van der Waals surface area contributed by atoms with Gasteiger partial charge in [0.2, 0.25) is 0 Å². The summed E-state index contributed by atoms with van der Waals surface area (Å²) in [5.41, 5.74) is -0.503. The second-order valence-electron chi connectivity index (χ2n) is 7.99. The summed E-state index contributed by atoms with van der Waals surface area (Å²) in [4.78, 5) is 14.0. The minimum absolute atomic E-state index is 0.0641. The molecule has 154 valence electrons. The third kappa shape index (κ3) is 9.16. The van der Waals surface area contributed by atoms with Gasteiger partial charge in [0.15, 0.2) is 0 Å². The van der Waals surface area contributed by atoms with E-state index in [1.54, 1.807) is 12.0 Å². The number of nitrogens with zero attached hydrogens (tertiary/aromatic N) is 1. The number of likely N-dealkylation sites (tertiary alicyclic amines) is 1. The average Bonchev–Trinajstić information content (AvgIpc) is 2.55. The van der Waals surface area contributed by atoms with Crippen molar-refractivity contribution in [3.8, 4) is 0 Å². The fourth-order valence-corrected chi connectivity index (χ4v) is 3.06. The van der Waals surface area contributed by atoms with E-state index in [4.69, 9.17) is 18.9 Å². The van der Waals surface area contributed by atoms with Crippen molar-refractivity contribution in [2.75, 3.05) is 46.8 Å². The van der Waals surface area contributed by atoms with Gasteiger partial charge in [-0.05, 0) is 46.0 Å². The summed E-state index contributed by atoms with van der Waals surface area (Å²) in [5, 5.41) is 10.4. The number of hydrogen-bond donors (Lipinski definition) is 1. The first kappa shape index (κ1) is 23.1. The molecule has 7 heteroatoms. The van der Waals surface area contributed by atoms with Crippen molar-refractivity contribution in [1.82, 2.24) is 4.90 Å². The molecule has 0 saturated carbocycles. The van der Waals surface area contributed by atoms with E-state index in [1.807, 2.05) is 20.8 Å². The third-order valence-corrected chi connectivity index (χ3v) is 4.55. The maximum absolute atomic E-state index is 12.3. The lowest BCUT2D eigenvalue weighted by Crippen LogP contribution is -2.49. The second-order valence-corrected chi connectivity index (χ2v) is 7.99. The van der Waals surface area contributed by atoms with Crippen LogP contribution in [0.5, 0.6) is 0 Å². The zero-order valence-electron chi connectivity index (χ0n) is 17.0. The van der Waals surface area contributed by atoms with E-state index in [1.165, 1.54) is 0 Å². The van der Waals surface area contributed by atoms with Crippen LogP contribution in [0.15, 0.2) is 0 Å². The molecule has 1 heterocycles. The lowest BCUT2D eigenvalue weighted by atomic mass is 9.82. The van der Waals surface area contributed by atoms with Crippen molar-refractivity contribution in [3.63, 3.8) is 0 Å². The minimum Gasteiger partial charge on any atom is -0.444 e. The van der Waals surface area contributed by atoms with Crippen LogP contribution in [-0.4, -0.2) is 74.6 Å². The highest BCUT2D eigenvalue weighted by Crippen LogP contribution is 2.28. The first-order valence-corrected chi connectivity index (χ1v) is 9.55. The van der Waals surface area contributed by atoms with Gasteiger partial charge in [0.25, 0.3) is 0 Å². The second kappa shape index (κ2) is 11.7. The molecule has 1 amide bonds. The largest absolute Gasteiger partial charge is 0.444 e. The van der Waals surface area contributed by atoms with E-state index in [0.717, 1.165) is 12.8 Å². The molecule has 0 spiro atoms. The van der Waals surface area contributed by atoms with Crippen LogP contribution in [0.4, 0.5) is 4.79 Å². The van der Waals surface area contributed by atoms with Gasteiger partial charge in [-0.1, -0.05) is 6.92 Å². The molecule has 1 fully saturated rings. The topological polar surface area (TPSA) is 77.5 Å². The quantitative estimate of drug-likeness (QED) is 0.467. The minimum atomic E-state index is -0.503. The average molecular weight is 376 g/mol. The van der Waals surface area contributed by atoms with Crippen molar-refractivity contribution in [2.45, 2.75) is 58.7 Å². The zero-order valence-corrected chi connectivity index (χ0v) is 17.0. The van der Waals surface area contributed by atoms with Gasteiger partial charge in [-0.2, -0.15) is 0 Å². The molecule has 1 aliphatic rings. The molecule has 3 atom stereocenters. The van der Waals surface area contributed by atoms with Crippen molar-refractivity contribution >= 4 is 6.09 Å². The van der Waals surface area contributed by atoms with Gasteiger partial charge in [-0.25, -0.2) is 4.79 Å². The molecule has 3 unspecified atom stereocenters. The molecule has 0 bridgehead atoms. The van der Waals surface area contributed by atoms with Crippen molar-refractivity contribution in [2.24, 2.45) is 11.8 Å². The number of carbonyl (C=O) groups is 1. The van der Waals surface area contributed by atoms with Crippen LogP contribution >= 0.6 is 0 Å². The highest BCUT2D eigenvalue weighted by molar-refractivity contribution is 5.68. The van der Waals surface area contributed by atoms with Crippen LogP contribution in [0, 0.1) is 11.8 Å². The Bertz CT molecular complexity index is 398. The number of aliphatic hydroxyl groups excluding tert-OH is 1. The number of carbonyl (C=O) groups excluding carboxylic acids is 1. The maximum atomic E-state index is 12.3. The van der Waals surface area contributed by atoms with Crippen LogP contribution in [-0.2, 0) is 18.9 Å². The molecular formula is C19H37NO6. The summed E-state index contributed by atoms with van der Waals surface area (Å²) < 4.78 is 21.0. The van der Waals surface area contributed by atoms with Gasteiger partial charge in [0.05, 0.1) is 19.3 Å². The fourth-order valence-electron chi connectivity index (χ4n) is 3.06. The number of amides is 1. The smallest absolute Gasteiger partial charge is 0.410 e. The Morgan fingerprint density at radius 1 is 1.23 bits per heavy atom. The highest BCUT2D eigenvalue weighted by Gasteiger charge is 2.35. The van der Waals surface area contributed by atoms with E-state index in [9.17, 15) is 9.90 Å². The number of aliphatic hydroxyl groups is 1. The Kier molecular flexibility index (Phi) is 10.5. The molecule has 0 radical (unpaired) electrons. The van der Waals surface area contributed by atoms with Gasteiger partial charge in [0, 0.05) is 32.7 Å². The molecule has 1 saturated heterocycles. The predicted octanol–water partition coefficient (Wildman–Crippen LogP) is 2.66. The summed E-state index contributed by atoms with van der Waals surface area (Å²) in [6, 6.07) is 0. The molecule has 26 heavy (non-hydrogen) atoms. The highest BCUT2D eigenvalue weighted by atomic mass is 16.7. The van der Waals surface area contributed by atoms with Crippen molar-refractivity contribution < 1.29 is 28.8 Å². The Morgan fingerprint density at radius 2 is 1.92 bits per heavy atom. The molecule has 0 aromatic heterocycles. The molecule has 1 aliphatic heterocycles. The lowest BCUT2D eigenvalue weighted by Gasteiger charge is -2.39. The van der Waals surface area contributed by atoms with Gasteiger partial charge >= 0.3 is 6.09 Å². The monoisotopic (exact) mass is 375 g/mol. The molecule has 0 aromatic rings. The lowest BCUT2D eigenvalue weighted by molar-refractivity contribution is -0.0681. The van der Waals surface area contributed by atoms with Crippen molar-refractivity contribution in [3.05, 3.63) is 0 Å². The summed E-state index contributed by atoms with van der Waals surface area (Å²) in [6.45, 7) is 10.8. The van der Waals surface area contributed by atoms with Crippen LogP contribution in [0.2, 0.25) is 0 Å². The third-order valence-electron chi connectivity index (χ3n) is 4.55. The predicted molar refractivity (Wildman–Crippen MR) is 99.0 cm³/mol. The SMILES string of the molecule is COCCOCOCCCC(C)C1CN(C(=O)OC(C)(C)C)CCC1O. The van der Waals surface area contributed by atoms with Crippen LogP contribution in [0.25, 0.3) is 0 Å². The van der Waals surface area contributed by atoms with Crippen LogP contribution in [0.1, 0.15) is 47.0 Å². The Labute approximate surface area is 157 Å². The summed E-state index contributed by atoms with van der Waals surface area (Å²) >= 11 is 0. The molecule has 0 aromatic carbocycles. The van der Waals surface area contributed by atoms with Crippen LogP contribution in [0.3, 0.4) is 0 Å². The van der Waals surface area contributed by atoms with E-state index < -0.39 is 5.60 Å². The van der Waals surface area contributed by atoms with Crippen molar-refractivity contribution in [1.29, 1.82) is 0 Å². The van der Waals surface area contributed by atoms with E-state index in [2.05, 4.69) is 6.92 Å². The molecule has 1 rings (SSSR count). The number of ether oxygens (including phenoxy) is 4. The van der Waals surface area contributed by atoms with E-state index in [-0.39, 0.29) is 24.9 Å². The number of piperidine rings is 1. The fraction of sp³-hybridized carbons (Fsp3) is 0.947. The standard InChI is InChI=1S/C19H37NO6/c1-15(7-6-10-24-14-25-12-11-23-5)16-13-20(9-8-17(16)21)18(22)26-19(2,3)4/h15-17,21H,6-14H2,1-5H3. The molecule has 1 N–H and O–H groups in total. The number of methoxy groups -OCH3 is 1. The van der Waals surface area contributed by atoms with Gasteiger partial charge in [0.1, 0.15) is 12.4 Å². The Hall–Kier alpha value is -0.890. The summed E-state index contributed by atoms with van der Waals surface area (Å²) in [6.07, 6.45) is 1.75. The summed E-state index contributed by atoms with van der Waals surface area (Å²) in [7, 11) is 1.63. The maximum Gasteiger partial charge on any atom is 0.410 e. The first-order valence-electron chi connectivity index (χ1n) is 9.55. The first-order chi connectivity index (χ1) is 12.2. The summed E-state index contributed by atoms with van der Waals surface area (Å²) in [5.74, 6) is 0.363.